The fraction of sp³-hybridized carbons (Fsp3) is 0.286. The summed E-state index contributed by atoms with van der Waals surface area (Å²) in [6.45, 7) is 11.7. The van der Waals surface area contributed by atoms with E-state index >= 15 is 0 Å². The Labute approximate surface area is 229 Å². The van der Waals surface area contributed by atoms with Crippen LogP contribution < -0.4 is 15.9 Å². The van der Waals surface area contributed by atoms with Crippen molar-refractivity contribution in [2.75, 3.05) is 7.05 Å². The van der Waals surface area contributed by atoms with Crippen molar-refractivity contribution in [1.82, 2.24) is 14.1 Å². The third kappa shape index (κ3) is 6.23. The van der Waals surface area contributed by atoms with E-state index in [0.29, 0.717) is 28.6 Å². The van der Waals surface area contributed by atoms with Crippen LogP contribution in [0.3, 0.4) is 0 Å². The fourth-order valence-electron chi connectivity index (χ4n) is 4.07. The van der Waals surface area contributed by atoms with E-state index in [1.807, 2.05) is 0 Å². The van der Waals surface area contributed by atoms with E-state index < -0.39 is 28.4 Å². The van der Waals surface area contributed by atoms with Gasteiger partial charge >= 0.3 is 0 Å². The van der Waals surface area contributed by atoms with Crippen LogP contribution in [-0.4, -0.2) is 32.1 Å². The van der Waals surface area contributed by atoms with Crippen molar-refractivity contribution in [3.63, 3.8) is 0 Å². The molecule has 0 amide bonds. The maximum atomic E-state index is 14.0. The van der Waals surface area contributed by atoms with Gasteiger partial charge in [0.1, 0.15) is 34.7 Å². The van der Waals surface area contributed by atoms with Crippen LogP contribution in [0.15, 0.2) is 63.4 Å². The number of aryl methyl sites for hydroxylation is 2. The van der Waals surface area contributed by atoms with Crippen LogP contribution in [-0.2, 0) is 12.2 Å². The Bertz CT molecular complexity index is 1630. The molecule has 0 aliphatic carbocycles. The molecule has 0 aliphatic rings. The lowest BCUT2D eigenvalue weighted by Gasteiger charge is -2.21. The lowest BCUT2D eigenvalue weighted by atomic mass is 9.95. The Hall–Kier alpha value is -3.89. The van der Waals surface area contributed by atoms with Gasteiger partial charge in [-0.15, -0.1) is 0 Å². The Morgan fingerprint density at radius 2 is 1.92 bits per heavy atom. The third-order valence-corrected chi connectivity index (χ3v) is 6.23. The molecule has 3 aromatic rings. The first kappa shape index (κ1) is 29.7. The predicted octanol–water partition coefficient (Wildman–Crippen LogP) is 4.75. The van der Waals surface area contributed by atoms with Crippen LogP contribution in [0.25, 0.3) is 5.70 Å². The van der Waals surface area contributed by atoms with E-state index in [1.54, 1.807) is 26.8 Å². The molecule has 0 saturated carbocycles. The van der Waals surface area contributed by atoms with Crippen LogP contribution in [0, 0.1) is 25.5 Å². The molecule has 39 heavy (non-hydrogen) atoms. The van der Waals surface area contributed by atoms with Gasteiger partial charge in [-0.05, 0) is 51.8 Å². The summed E-state index contributed by atoms with van der Waals surface area (Å²) >= 11 is 6.35. The molecule has 0 saturated heterocycles. The van der Waals surface area contributed by atoms with Gasteiger partial charge in [-0.2, -0.15) is 0 Å². The topological polar surface area (TPSA) is 98.7 Å². The Balaban J connectivity index is 2.10. The number of allylic oxidation sites excluding steroid dienone is 3. The number of pyridine rings is 3. The zero-order chi connectivity index (χ0) is 29.2. The molecule has 0 fully saturated rings. The third-order valence-electron chi connectivity index (χ3n) is 5.88. The smallest absolute Gasteiger partial charge is 0.277 e. The largest absolute Gasteiger partial charge is 0.485 e. The molecule has 0 bridgehead atoms. The molecule has 0 aromatic carbocycles. The van der Waals surface area contributed by atoms with Crippen molar-refractivity contribution in [2.45, 2.75) is 46.8 Å². The minimum absolute atomic E-state index is 0.0176. The first-order valence-electron chi connectivity index (χ1n) is 11.8. The van der Waals surface area contributed by atoms with Crippen LogP contribution in [0.1, 0.15) is 43.3 Å². The van der Waals surface area contributed by atoms with Crippen molar-refractivity contribution in [1.29, 1.82) is 0 Å². The molecule has 8 nitrogen and oxygen atoms in total. The standard InChI is InChI=1S/C28H29ClF2N4O4/c1-15(2)21(12-23(32-7)34-9-8-16(3)24(26(34)36)28(5,6)38)35-17(4)10-22(25(29)27(35)37)39-14-20-19(31)11-18(30)13-33-20/h8-13,38H,1,14H2,2-7H3/b21-12+,32-23?. The second kappa shape index (κ2) is 11.5. The minimum atomic E-state index is -1.40. The number of hydrogen-bond donors (Lipinski definition) is 1. The van der Waals surface area contributed by atoms with Gasteiger partial charge in [0.05, 0.1) is 23.1 Å². The Morgan fingerprint density at radius 1 is 1.26 bits per heavy atom. The summed E-state index contributed by atoms with van der Waals surface area (Å²) in [4.78, 5) is 34.6. The number of nitrogens with zero attached hydrogens (tertiary/aromatic N) is 4. The average molecular weight is 559 g/mol. The quantitative estimate of drug-likeness (QED) is 0.256. The average Bonchev–Trinajstić information content (AvgIpc) is 2.83. The van der Waals surface area contributed by atoms with Crippen LogP contribution in [0.4, 0.5) is 8.78 Å². The van der Waals surface area contributed by atoms with Gasteiger partial charge in [0.25, 0.3) is 11.1 Å². The van der Waals surface area contributed by atoms with Gasteiger partial charge in [-0.1, -0.05) is 18.2 Å². The monoisotopic (exact) mass is 558 g/mol. The maximum Gasteiger partial charge on any atom is 0.277 e. The van der Waals surface area contributed by atoms with E-state index in [2.05, 4.69) is 16.6 Å². The molecule has 3 rings (SSSR count). The summed E-state index contributed by atoms with van der Waals surface area (Å²) in [5.41, 5.74) is -0.686. The van der Waals surface area contributed by atoms with Crippen LogP contribution in [0.5, 0.6) is 5.75 Å². The van der Waals surface area contributed by atoms with E-state index in [4.69, 9.17) is 16.3 Å². The van der Waals surface area contributed by atoms with Gasteiger partial charge < -0.3 is 9.84 Å². The molecule has 1 N–H and O–H groups in total. The molecule has 3 heterocycles. The molecule has 11 heteroatoms. The van der Waals surface area contributed by atoms with Crippen molar-refractivity contribution in [3.05, 3.63) is 109 Å². The summed E-state index contributed by atoms with van der Waals surface area (Å²) in [6.07, 6.45) is 3.90. The predicted molar refractivity (Wildman–Crippen MR) is 147 cm³/mol. The number of rotatable bonds is 7. The highest BCUT2D eigenvalue weighted by Crippen LogP contribution is 2.26. The van der Waals surface area contributed by atoms with E-state index in [9.17, 15) is 23.5 Å². The Morgan fingerprint density at radius 3 is 2.49 bits per heavy atom. The van der Waals surface area contributed by atoms with Crippen molar-refractivity contribution >= 4 is 23.1 Å². The number of aromatic nitrogens is 3. The van der Waals surface area contributed by atoms with Gasteiger partial charge in [0, 0.05) is 37.1 Å². The van der Waals surface area contributed by atoms with Crippen molar-refractivity contribution in [3.8, 4) is 5.75 Å². The first-order valence-corrected chi connectivity index (χ1v) is 12.2. The molecule has 0 radical (unpaired) electrons. The van der Waals surface area contributed by atoms with E-state index in [1.165, 1.54) is 48.4 Å². The molecule has 0 atom stereocenters. The molecular formula is C28H29ClF2N4O4. The molecule has 3 aromatic heterocycles. The van der Waals surface area contributed by atoms with E-state index in [0.717, 1.165) is 6.20 Å². The maximum absolute atomic E-state index is 14.0. The molecule has 0 spiro atoms. The fourth-order valence-corrected chi connectivity index (χ4v) is 4.27. The zero-order valence-corrected chi connectivity index (χ0v) is 23.2. The van der Waals surface area contributed by atoms with Crippen molar-refractivity contribution in [2.24, 2.45) is 4.99 Å². The highest BCUT2D eigenvalue weighted by Gasteiger charge is 2.25. The minimum Gasteiger partial charge on any atom is -0.485 e. The summed E-state index contributed by atoms with van der Waals surface area (Å²) in [5, 5.41) is 10.3. The second-order valence-electron chi connectivity index (χ2n) is 9.47. The van der Waals surface area contributed by atoms with Gasteiger partial charge in [-0.25, -0.2) is 8.78 Å². The molecule has 206 valence electrons. The molecule has 0 unspecified atom stereocenters. The normalized spacial score (nSPS) is 12.6. The van der Waals surface area contributed by atoms with Gasteiger partial charge in [0.15, 0.2) is 5.82 Å². The van der Waals surface area contributed by atoms with Crippen LogP contribution in [0.2, 0.25) is 5.02 Å². The zero-order valence-electron chi connectivity index (χ0n) is 22.5. The Kier molecular flexibility index (Phi) is 8.72. The number of aliphatic imine (C=N–C) groups is 1. The summed E-state index contributed by atoms with van der Waals surface area (Å²) in [7, 11) is 1.49. The summed E-state index contributed by atoms with van der Waals surface area (Å²) in [5.74, 6) is -1.56. The second-order valence-corrected chi connectivity index (χ2v) is 9.85. The lowest BCUT2D eigenvalue weighted by molar-refractivity contribution is 0.0761. The number of ether oxygens (including phenoxy) is 1. The number of halogens is 3. The highest BCUT2D eigenvalue weighted by molar-refractivity contribution is 6.31. The number of hydrogen-bond acceptors (Lipinski definition) is 6. The summed E-state index contributed by atoms with van der Waals surface area (Å²) in [6, 6.07) is 3.85. The van der Waals surface area contributed by atoms with Crippen molar-refractivity contribution < 1.29 is 18.6 Å². The first-order chi connectivity index (χ1) is 18.2. The van der Waals surface area contributed by atoms with Gasteiger partial charge in [0.2, 0.25) is 0 Å². The lowest BCUT2D eigenvalue weighted by Crippen LogP contribution is -2.36. The highest BCUT2D eigenvalue weighted by atomic mass is 35.5. The van der Waals surface area contributed by atoms with E-state index in [-0.39, 0.29) is 34.5 Å². The summed E-state index contributed by atoms with van der Waals surface area (Å²) < 4.78 is 35.2. The van der Waals surface area contributed by atoms with Gasteiger partial charge in [-0.3, -0.25) is 28.7 Å². The molecule has 0 aliphatic heterocycles. The SMILES string of the molecule is C=C(C)/C(=C\C(=NC)n1ccc(C)c(C(C)(C)O)c1=O)n1c(C)cc(OCc2ncc(F)cc2F)c(Cl)c1=O. The van der Waals surface area contributed by atoms with Crippen LogP contribution >= 0.6 is 11.6 Å². The molecular weight excluding hydrogens is 530 g/mol. The number of aliphatic hydroxyl groups is 1.